The maximum atomic E-state index is 8.41. The van der Waals surface area contributed by atoms with Crippen LogP contribution in [-0.4, -0.2) is 30.9 Å². The Labute approximate surface area is 67.7 Å². The number of aliphatic hydroxyl groups excluding tert-OH is 1. The second-order valence-electron chi connectivity index (χ2n) is 2.81. The predicted octanol–water partition coefficient (Wildman–Crippen LogP) is 0.679. The first-order valence-electron chi connectivity index (χ1n) is 4.20. The van der Waals surface area contributed by atoms with Gasteiger partial charge in [-0.1, -0.05) is 0 Å². The first-order valence-corrected chi connectivity index (χ1v) is 4.20. The van der Waals surface area contributed by atoms with Gasteiger partial charge in [-0.05, 0) is 25.8 Å². The van der Waals surface area contributed by atoms with Gasteiger partial charge in [0.2, 0.25) is 0 Å². The summed E-state index contributed by atoms with van der Waals surface area (Å²) in [4.78, 5) is 0. The number of nitrogens with one attached hydrogen (secondary N) is 1. The van der Waals surface area contributed by atoms with Gasteiger partial charge in [0.15, 0.2) is 0 Å². The molecule has 0 saturated carbocycles. The molecule has 1 fully saturated rings. The molecule has 11 heavy (non-hydrogen) atoms. The van der Waals surface area contributed by atoms with Crippen molar-refractivity contribution in [3.05, 3.63) is 6.61 Å². The monoisotopic (exact) mass is 158 g/mol. The molecule has 1 radical (unpaired) electrons. The van der Waals surface area contributed by atoms with Gasteiger partial charge in [-0.3, -0.25) is 0 Å². The van der Waals surface area contributed by atoms with Crippen LogP contribution >= 0.6 is 0 Å². The van der Waals surface area contributed by atoms with Crippen molar-refractivity contribution in [2.24, 2.45) is 0 Å². The van der Waals surface area contributed by atoms with E-state index in [-0.39, 0.29) is 0 Å². The third kappa shape index (κ3) is 3.70. The highest BCUT2D eigenvalue weighted by Crippen LogP contribution is 2.05. The standard InChI is InChI=1S/C8H16NO2/c10-5-1-4-9-8-2-6-11-7-3-8/h5,8-10H,1-4,6-7H2. The molecular weight excluding hydrogens is 142 g/mol. The van der Waals surface area contributed by atoms with E-state index in [9.17, 15) is 0 Å². The van der Waals surface area contributed by atoms with Crippen LogP contribution in [0, 0.1) is 6.61 Å². The van der Waals surface area contributed by atoms with Crippen molar-refractivity contribution in [1.82, 2.24) is 5.32 Å². The summed E-state index contributed by atoms with van der Waals surface area (Å²) in [7, 11) is 0. The van der Waals surface area contributed by atoms with Crippen LogP contribution in [0.5, 0.6) is 0 Å². The molecule has 0 aromatic carbocycles. The van der Waals surface area contributed by atoms with E-state index in [0.29, 0.717) is 6.04 Å². The molecule has 65 valence electrons. The maximum absolute atomic E-state index is 8.41. The van der Waals surface area contributed by atoms with Crippen molar-refractivity contribution >= 4 is 0 Å². The second kappa shape index (κ2) is 5.52. The Morgan fingerprint density at radius 2 is 2.18 bits per heavy atom. The molecule has 1 heterocycles. The van der Waals surface area contributed by atoms with Gasteiger partial charge in [0.25, 0.3) is 0 Å². The Morgan fingerprint density at radius 1 is 1.45 bits per heavy atom. The Hall–Kier alpha value is -0.120. The van der Waals surface area contributed by atoms with Crippen molar-refractivity contribution in [2.45, 2.75) is 25.3 Å². The van der Waals surface area contributed by atoms with Gasteiger partial charge in [-0.15, -0.1) is 0 Å². The first kappa shape index (κ1) is 8.97. The first-order chi connectivity index (χ1) is 5.43. The lowest BCUT2D eigenvalue weighted by Crippen LogP contribution is -2.35. The highest BCUT2D eigenvalue weighted by molar-refractivity contribution is 4.70. The number of hydrogen-bond acceptors (Lipinski definition) is 3. The number of ether oxygens (including phenoxy) is 1. The molecule has 1 aliphatic heterocycles. The van der Waals surface area contributed by atoms with E-state index in [4.69, 9.17) is 9.84 Å². The quantitative estimate of drug-likeness (QED) is 0.591. The van der Waals surface area contributed by atoms with Gasteiger partial charge >= 0.3 is 0 Å². The Bertz CT molecular complexity index is 92.1. The summed E-state index contributed by atoms with van der Waals surface area (Å²) in [6.07, 6.45) is 2.94. The minimum atomic E-state index is 0.601. The largest absolute Gasteiger partial charge is 0.390 e. The van der Waals surface area contributed by atoms with Crippen LogP contribution in [0.1, 0.15) is 19.3 Å². The minimum Gasteiger partial charge on any atom is -0.390 e. The van der Waals surface area contributed by atoms with Crippen LogP contribution in [0.25, 0.3) is 0 Å². The molecule has 0 unspecified atom stereocenters. The molecule has 0 spiro atoms. The minimum absolute atomic E-state index is 0.601. The van der Waals surface area contributed by atoms with E-state index >= 15 is 0 Å². The zero-order chi connectivity index (χ0) is 7.94. The van der Waals surface area contributed by atoms with Gasteiger partial charge in [0, 0.05) is 19.3 Å². The van der Waals surface area contributed by atoms with E-state index in [1.165, 1.54) is 6.61 Å². The van der Waals surface area contributed by atoms with Gasteiger partial charge < -0.3 is 15.2 Å². The summed E-state index contributed by atoms with van der Waals surface area (Å²) in [6, 6.07) is 0.601. The summed E-state index contributed by atoms with van der Waals surface area (Å²) in [5.74, 6) is 0. The lowest BCUT2D eigenvalue weighted by molar-refractivity contribution is 0.0780. The van der Waals surface area contributed by atoms with Crippen molar-refractivity contribution in [3.8, 4) is 0 Å². The third-order valence-corrected chi connectivity index (χ3v) is 1.93. The van der Waals surface area contributed by atoms with Crippen LogP contribution in [0.2, 0.25) is 0 Å². The molecule has 3 nitrogen and oxygen atoms in total. The van der Waals surface area contributed by atoms with Crippen LogP contribution in [0.3, 0.4) is 0 Å². The van der Waals surface area contributed by atoms with Crippen molar-refractivity contribution in [2.75, 3.05) is 19.8 Å². The van der Waals surface area contributed by atoms with E-state index in [1.54, 1.807) is 0 Å². The summed E-state index contributed by atoms with van der Waals surface area (Å²) in [5.41, 5.74) is 0. The molecule has 0 aromatic rings. The van der Waals surface area contributed by atoms with Gasteiger partial charge in [-0.25, -0.2) is 0 Å². The molecule has 0 aromatic heterocycles. The van der Waals surface area contributed by atoms with Crippen molar-refractivity contribution in [1.29, 1.82) is 0 Å². The average Bonchev–Trinajstić information content (AvgIpc) is 2.07. The zero-order valence-corrected chi connectivity index (χ0v) is 6.75. The fourth-order valence-electron chi connectivity index (χ4n) is 1.25. The lowest BCUT2D eigenvalue weighted by atomic mass is 10.1. The highest BCUT2D eigenvalue weighted by Gasteiger charge is 2.11. The Morgan fingerprint density at radius 3 is 2.82 bits per heavy atom. The van der Waals surface area contributed by atoms with E-state index in [0.717, 1.165) is 39.0 Å². The average molecular weight is 158 g/mol. The van der Waals surface area contributed by atoms with E-state index in [1.807, 2.05) is 0 Å². The topological polar surface area (TPSA) is 41.5 Å². The SMILES string of the molecule is O[CH]CCNC1CCOCC1. The molecule has 0 bridgehead atoms. The highest BCUT2D eigenvalue weighted by atomic mass is 16.5. The smallest absolute Gasteiger partial charge is 0.0811 e. The van der Waals surface area contributed by atoms with E-state index in [2.05, 4.69) is 5.32 Å². The van der Waals surface area contributed by atoms with Crippen LogP contribution in [0.4, 0.5) is 0 Å². The second-order valence-corrected chi connectivity index (χ2v) is 2.81. The molecule has 0 aliphatic carbocycles. The predicted molar refractivity (Wildman–Crippen MR) is 42.7 cm³/mol. The van der Waals surface area contributed by atoms with Crippen molar-refractivity contribution < 1.29 is 9.84 Å². The van der Waals surface area contributed by atoms with Crippen LogP contribution in [-0.2, 0) is 4.74 Å². The van der Waals surface area contributed by atoms with Crippen LogP contribution in [0.15, 0.2) is 0 Å². The Kier molecular flexibility index (Phi) is 4.50. The molecular formula is C8H16NO2. The Balaban J connectivity index is 1.96. The number of rotatable bonds is 4. The lowest BCUT2D eigenvalue weighted by Gasteiger charge is -2.22. The summed E-state index contributed by atoms with van der Waals surface area (Å²) >= 11 is 0. The number of hydrogen-bond donors (Lipinski definition) is 2. The summed E-state index contributed by atoms with van der Waals surface area (Å²) < 4.78 is 5.21. The zero-order valence-electron chi connectivity index (χ0n) is 6.75. The molecule has 0 amide bonds. The molecule has 0 atom stereocenters. The normalized spacial score (nSPS) is 20.5. The summed E-state index contributed by atoms with van der Waals surface area (Å²) in [5, 5.41) is 11.8. The van der Waals surface area contributed by atoms with Gasteiger partial charge in [-0.2, -0.15) is 0 Å². The fourth-order valence-corrected chi connectivity index (χ4v) is 1.25. The van der Waals surface area contributed by atoms with Crippen molar-refractivity contribution in [3.63, 3.8) is 0 Å². The molecule has 1 saturated heterocycles. The summed E-state index contributed by atoms with van der Waals surface area (Å²) in [6.45, 7) is 3.83. The molecule has 2 N–H and O–H groups in total. The maximum Gasteiger partial charge on any atom is 0.0811 e. The number of aliphatic hydroxyl groups is 1. The fraction of sp³-hybridized carbons (Fsp3) is 0.875. The third-order valence-electron chi connectivity index (χ3n) is 1.93. The molecule has 1 rings (SSSR count). The van der Waals surface area contributed by atoms with Gasteiger partial charge in [0.1, 0.15) is 0 Å². The molecule has 1 aliphatic rings. The van der Waals surface area contributed by atoms with Crippen LogP contribution < -0.4 is 5.32 Å². The molecule has 3 heteroatoms. The van der Waals surface area contributed by atoms with E-state index < -0.39 is 0 Å². The van der Waals surface area contributed by atoms with Gasteiger partial charge in [0.05, 0.1) is 6.61 Å².